The molecule has 26 heavy (non-hydrogen) atoms. The van der Waals surface area contributed by atoms with Gasteiger partial charge < -0.3 is 14.8 Å². The number of ether oxygens (including phenoxy) is 2. The molecule has 5 rings (SSSR count). The Labute approximate surface area is 153 Å². The van der Waals surface area contributed by atoms with E-state index in [0.29, 0.717) is 12.3 Å². The van der Waals surface area contributed by atoms with Gasteiger partial charge in [0.2, 0.25) is 12.6 Å². The molecule has 0 amide bonds. The summed E-state index contributed by atoms with van der Waals surface area (Å²) in [5.41, 5.74) is 3.89. The van der Waals surface area contributed by atoms with E-state index in [1.54, 1.807) is 17.5 Å². The van der Waals surface area contributed by atoms with Crippen LogP contribution in [0.1, 0.15) is 11.3 Å². The molecule has 0 aliphatic carbocycles. The summed E-state index contributed by atoms with van der Waals surface area (Å²) in [5, 5.41) is 6.26. The summed E-state index contributed by atoms with van der Waals surface area (Å²) in [6.07, 6.45) is 3.70. The van der Waals surface area contributed by atoms with Crippen LogP contribution in [0, 0.1) is 6.92 Å². The van der Waals surface area contributed by atoms with Crippen molar-refractivity contribution in [2.45, 2.75) is 13.5 Å². The molecule has 4 heterocycles. The van der Waals surface area contributed by atoms with Gasteiger partial charge in [0.25, 0.3) is 0 Å². The lowest BCUT2D eigenvalue weighted by Crippen LogP contribution is -1.99. The molecule has 130 valence electrons. The molecular weight excluding hydrogens is 350 g/mol. The number of hydrogen-bond acceptors (Lipinski definition) is 7. The monoisotopic (exact) mass is 365 g/mol. The zero-order chi connectivity index (χ0) is 17.5. The number of nitrogens with zero attached hydrogens (tertiary/aromatic N) is 4. The molecule has 0 atom stereocenters. The van der Waals surface area contributed by atoms with Gasteiger partial charge in [-0.3, -0.25) is 4.40 Å². The quantitative estimate of drug-likeness (QED) is 0.597. The van der Waals surface area contributed by atoms with Gasteiger partial charge in [0.1, 0.15) is 5.69 Å². The molecule has 1 aliphatic rings. The molecule has 1 aliphatic heterocycles. The number of aromatic nitrogens is 4. The summed E-state index contributed by atoms with van der Waals surface area (Å²) in [6.45, 7) is 2.93. The van der Waals surface area contributed by atoms with Crippen molar-refractivity contribution in [3.63, 3.8) is 0 Å². The number of fused-ring (bicyclic) bond motifs is 2. The summed E-state index contributed by atoms with van der Waals surface area (Å²) in [4.78, 5) is 13.5. The number of benzene rings is 1. The third-order valence-electron chi connectivity index (χ3n) is 4.21. The highest BCUT2D eigenvalue weighted by Crippen LogP contribution is 2.33. The fourth-order valence-corrected chi connectivity index (χ4v) is 3.69. The van der Waals surface area contributed by atoms with E-state index in [9.17, 15) is 0 Å². The maximum atomic E-state index is 5.42. The molecule has 0 radical (unpaired) electrons. The van der Waals surface area contributed by atoms with Gasteiger partial charge in [-0.2, -0.15) is 0 Å². The van der Waals surface area contributed by atoms with E-state index in [-0.39, 0.29) is 6.79 Å². The molecule has 0 spiro atoms. The maximum Gasteiger partial charge on any atom is 0.234 e. The van der Waals surface area contributed by atoms with Gasteiger partial charge in [0.15, 0.2) is 16.6 Å². The van der Waals surface area contributed by atoms with E-state index < -0.39 is 0 Å². The fourth-order valence-electron chi connectivity index (χ4n) is 3.00. The Hall–Kier alpha value is -3.13. The van der Waals surface area contributed by atoms with E-state index in [4.69, 9.17) is 14.5 Å². The largest absolute Gasteiger partial charge is 0.454 e. The first kappa shape index (κ1) is 15.2. The van der Waals surface area contributed by atoms with E-state index in [1.165, 1.54) is 0 Å². The first-order valence-electron chi connectivity index (χ1n) is 8.16. The fraction of sp³-hybridized carbons (Fsp3) is 0.167. The molecule has 0 saturated heterocycles. The van der Waals surface area contributed by atoms with Crippen molar-refractivity contribution < 1.29 is 9.47 Å². The SMILES string of the molecule is Cc1nc2ncccn2c1-c1csc(NCc2ccc3c(c2)OCO3)n1. The molecule has 3 aromatic heterocycles. The van der Waals surface area contributed by atoms with Crippen LogP contribution in [-0.4, -0.2) is 26.1 Å². The molecule has 7 nitrogen and oxygen atoms in total. The van der Waals surface area contributed by atoms with Crippen molar-refractivity contribution in [2.24, 2.45) is 0 Å². The summed E-state index contributed by atoms with van der Waals surface area (Å²) >= 11 is 1.57. The van der Waals surface area contributed by atoms with Gasteiger partial charge >= 0.3 is 0 Å². The highest BCUT2D eigenvalue weighted by Gasteiger charge is 2.15. The average molecular weight is 365 g/mol. The first-order chi connectivity index (χ1) is 12.8. The molecule has 0 saturated carbocycles. The van der Waals surface area contributed by atoms with E-state index in [1.807, 2.05) is 47.2 Å². The third-order valence-corrected chi connectivity index (χ3v) is 5.01. The predicted octanol–water partition coefficient (Wildman–Crippen LogP) is 3.50. The van der Waals surface area contributed by atoms with Crippen LogP contribution in [0.3, 0.4) is 0 Å². The summed E-state index contributed by atoms with van der Waals surface area (Å²) < 4.78 is 12.7. The van der Waals surface area contributed by atoms with Gasteiger partial charge in [-0.1, -0.05) is 6.07 Å². The minimum Gasteiger partial charge on any atom is -0.454 e. The summed E-state index contributed by atoms with van der Waals surface area (Å²) in [7, 11) is 0. The molecule has 0 unspecified atom stereocenters. The highest BCUT2D eigenvalue weighted by molar-refractivity contribution is 7.14. The second-order valence-electron chi connectivity index (χ2n) is 5.91. The van der Waals surface area contributed by atoms with Crippen LogP contribution in [0.5, 0.6) is 11.5 Å². The highest BCUT2D eigenvalue weighted by atomic mass is 32.1. The van der Waals surface area contributed by atoms with Crippen molar-refractivity contribution in [1.29, 1.82) is 0 Å². The number of hydrogen-bond donors (Lipinski definition) is 1. The van der Waals surface area contributed by atoms with Crippen molar-refractivity contribution in [1.82, 2.24) is 19.4 Å². The Kier molecular flexibility index (Phi) is 3.49. The van der Waals surface area contributed by atoms with Crippen LogP contribution in [0.15, 0.2) is 42.0 Å². The maximum absolute atomic E-state index is 5.42. The molecule has 1 N–H and O–H groups in total. The van der Waals surface area contributed by atoms with Gasteiger partial charge in [-0.25, -0.2) is 15.0 Å². The Bertz CT molecular complexity index is 1100. The molecule has 0 fully saturated rings. The lowest BCUT2D eigenvalue weighted by Gasteiger charge is -2.04. The van der Waals surface area contributed by atoms with Gasteiger partial charge in [-0.05, 0) is 30.7 Å². The number of imidazole rings is 1. The number of thiazole rings is 1. The topological polar surface area (TPSA) is 73.6 Å². The average Bonchev–Trinajstić information content (AvgIpc) is 3.36. The normalized spacial score (nSPS) is 12.7. The van der Waals surface area contributed by atoms with Crippen molar-refractivity contribution in [2.75, 3.05) is 12.1 Å². The van der Waals surface area contributed by atoms with Crippen molar-refractivity contribution >= 4 is 22.2 Å². The van der Waals surface area contributed by atoms with Crippen LogP contribution in [0.2, 0.25) is 0 Å². The van der Waals surface area contributed by atoms with Gasteiger partial charge in [-0.15, -0.1) is 11.3 Å². The van der Waals surface area contributed by atoms with Crippen LogP contribution >= 0.6 is 11.3 Å². The van der Waals surface area contributed by atoms with Crippen LogP contribution in [-0.2, 0) is 6.54 Å². The minimum atomic E-state index is 0.287. The zero-order valence-electron chi connectivity index (χ0n) is 14.0. The molecule has 8 heteroatoms. The van der Waals surface area contributed by atoms with E-state index >= 15 is 0 Å². The van der Waals surface area contributed by atoms with Gasteiger partial charge in [0, 0.05) is 24.3 Å². The Morgan fingerprint density at radius 2 is 2.15 bits per heavy atom. The third kappa shape index (κ3) is 2.55. The first-order valence-corrected chi connectivity index (χ1v) is 9.04. The standard InChI is InChI=1S/C18H15N5O2S/c1-11-16(23-6-2-5-19-17(23)21-11)13-9-26-18(22-13)20-8-12-3-4-14-15(7-12)25-10-24-14/h2-7,9H,8,10H2,1H3,(H,20,22). The van der Waals surface area contributed by atoms with Crippen LogP contribution in [0.4, 0.5) is 5.13 Å². The Balaban J connectivity index is 1.38. The number of anilines is 1. The summed E-state index contributed by atoms with van der Waals surface area (Å²) in [5.74, 6) is 2.27. The second-order valence-corrected chi connectivity index (χ2v) is 6.77. The zero-order valence-corrected chi connectivity index (χ0v) is 14.8. The van der Waals surface area contributed by atoms with Crippen molar-refractivity contribution in [3.8, 4) is 22.9 Å². The van der Waals surface area contributed by atoms with Gasteiger partial charge in [0.05, 0.1) is 11.4 Å². The lowest BCUT2D eigenvalue weighted by molar-refractivity contribution is 0.174. The minimum absolute atomic E-state index is 0.287. The molecular formula is C18H15N5O2S. The lowest BCUT2D eigenvalue weighted by atomic mass is 10.2. The number of rotatable bonds is 4. The van der Waals surface area contributed by atoms with E-state index in [2.05, 4.69) is 15.3 Å². The van der Waals surface area contributed by atoms with Crippen molar-refractivity contribution in [3.05, 3.63) is 53.3 Å². The Morgan fingerprint density at radius 3 is 3.12 bits per heavy atom. The Morgan fingerprint density at radius 1 is 1.23 bits per heavy atom. The summed E-state index contributed by atoms with van der Waals surface area (Å²) in [6, 6.07) is 7.84. The number of aryl methyl sites for hydroxylation is 1. The number of nitrogens with one attached hydrogen (secondary N) is 1. The second kappa shape index (κ2) is 5.99. The smallest absolute Gasteiger partial charge is 0.234 e. The molecule has 1 aromatic carbocycles. The molecule has 4 aromatic rings. The van der Waals surface area contributed by atoms with Crippen LogP contribution in [0.25, 0.3) is 17.2 Å². The van der Waals surface area contributed by atoms with Crippen LogP contribution < -0.4 is 14.8 Å². The predicted molar refractivity (Wildman–Crippen MR) is 98.7 cm³/mol. The van der Waals surface area contributed by atoms with E-state index in [0.717, 1.165) is 39.3 Å². The molecule has 0 bridgehead atoms.